The molecular formula is C14H19ClF3N3O3. The molecule has 6 nitrogen and oxygen atoms in total. The number of pyridine rings is 1. The van der Waals surface area contributed by atoms with E-state index in [1.165, 1.54) is 25.4 Å². The molecule has 2 heterocycles. The van der Waals surface area contributed by atoms with Crippen molar-refractivity contribution in [2.75, 3.05) is 38.7 Å². The summed E-state index contributed by atoms with van der Waals surface area (Å²) in [5, 5.41) is 5.83. The van der Waals surface area contributed by atoms with E-state index in [1.54, 1.807) is 0 Å². The van der Waals surface area contributed by atoms with Crippen LogP contribution in [0.3, 0.4) is 0 Å². The first-order valence-electron chi connectivity index (χ1n) is 7.01. The third-order valence-electron chi connectivity index (χ3n) is 3.52. The Hall–Kier alpha value is -1.58. The molecule has 1 aliphatic heterocycles. The normalized spacial score (nSPS) is 20.3. The number of nitrogens with zero attached hydrogens (tertiary/aromatic N) is 1. The number of amides is 1. The second kappa shape index (κ2) is 8.50. The van der Waals surface area contributed by atoms with Crippen molar-refractivity contribution >= 4 is 24.0 Å². The zero-order valence-electron chi connectivity index (χ0n) is 13.0. The molecule has 24 heavy (non-hydrogen) atoms. The quantitative estimate of drug-likeness (QED) is 0.802. The molecule has 2 N–H and O–H groups in total. The molecule has 0 aliphatic carbocycles. The van der Waals surface area contributed by atoms with Crippen LogP contribution >= 0.6 is 12.4 Å². The molecule has 1 aromatic heterocycles. The second-order valence-electron chi connectivity index (χ2n) is 5.38. The van der Waals surface area contributed by atoms with Crippen LogP contribution in [0.15, 0.2) is 18.3 Å². The van der Waals surface area contributed by atoms with Crippen molar-refractivity contribution in [3.63, 3.8) is 0 Å². The Balaban J connectivity index is 0.00000288. The number of carbonyl (C=O) groups is 1. The Bertz CT molecular complexity index is 534. The summed E-state index contributed by atoms with van der Waals surface area (Å²) in [6, 6.07) is 2.72. The molecule has 10 heteroatoms. The number of rotatable bonds is 6. The minimum absolute atomic E-state index is 0. The highest BCUT2D eigenvalue weighted by Gasteiger charge is 2.41. The van der Waals surface area contributed by atoms with Crippen LogP contribution in [-0.4, -0.2) is 50.5 Å². The molecule has 0 bridgehead atoms. The van der Waals surface area contributed by atoms with Gasteiger partial charge in [0.2, 0.25) is 11.8 Å². The highest BCUT2D eigenvalue weighted by Crippen LogP contribution is 2.28. The molecule has 136 valence electrons. The topological polar surface area (TPSA) is 72.5 Å². The predicted molar refractivity (Wildman–Crippen MR) is 83.5 cm³/mol. The van der Waals surface area contributed by atoms with E-state index < -0.39 is 18.2 Å². The van der Waals surface area contributed by atoms with Crippen LogP contribution in [0.4, 0.5) is 18.9 Å². The van der Waals surface area contributed by atoms with Gasteiger partial charge in [-0.05, 0) is 19.0 Å². The fourth-order valence-electron chi connectivity index (χ4n) is 2.36. The lowest BCUT2D eigenvalue weighted by molar-refractivity contribution is -0.154. The standard InChI is InChI=1S/C14H18F3N3O3.ClH/c1-22-8-13(4-5-18-7-13)12(21)20-10-2-3-11(19-6-10)23-9-14(15,16)17;/h2-3,6,18H,4-5,7-9H2,1H3,(H,20,21);1H. The van der Waals surface area contributed by atoms with Crippen molar-refractivity contribution in [2.45, 2.75) is 12.6 Å². The van der Waals surface area contributed by atoms with Crippen LogP contribution in [0.5, 0.6) is 5.88 Å². The Morgan fingerprint density at radius 2 is 2.21 bits per heavy atom. The molecule has 1 amide bonds. The van der Waals surface area contributed by atoms with Crippen LogP contribution in [0.25, 0.3) is 0 Å². The van der Waals surface area contributed by atoms with Gasteiger partial charge in [-0.15, -0.1) is 12.4 Å². The van der Waals surface area contributed by atoms with E-state index in [0.29, 0.717) is 18.7 Å². The summed E-state index contributed by atoms with van der Waals surface area (Å²) in [4.78, 5) is 16.2. The molecule has 1 atom stereocenters. The summed E-state index contributed by atoms with van der Waals surface area (Å²) in [5.41, 5.74) is -0.267. The smallest absolute Gasteiger partial charge is 0.422 e. The number of hydrogen-bond acceptors (Lipinski definition) is 5. The SMILES string of the molecule is COCC1(C(=O)Nc2ccc(OCC(F)(F)F)nc2)CCNC1.Cl. The maximum atomic E-state index is 12.4. The zero-order chi connectivity index (χ0) is 16.9. The largest absolute Gasteiger partial charge is 0.468 e. The number of aromatic nitrogens is 1. The summed E-state index contributed by atoms with van der Waals surface area (Å²) in [6.45, 7) is 0.104. The number of anilines is 1. The van der Waals surface area contributed by atoms with Gasteiger partial charge in [0.25, 0.3) is 0 Å². The Labute approximate surface area is 143 Å². The monoisotopic (exact) mass is 369 g/mol. The van der Waals surface area contributed by atoms with Gasteiger partial charge in [0.1, 0.15) is 0 Å². The van der Waals surface area contributed by atoms with E-state index in [9.17, 15) is 18.0 Å². The summed E-state index contributed by atoms with van der Waals surface area (Å²) in [5.74, 6) is -0.371. The van der Waals surface area contributed by atoms with Gasteiger partial charge < -0.3 is 20.1 Å². The van der Waals surface area contributed by atoms with Crippen molar-refractivity contribution in [1.29, 1.82) is 0 Å². The molecule has 2 rings (SSSR count). The van der Waals surface area contributed by atoms with E-state index in [2.05, 4.69) is 20.4 Å². The van der Waals surface area contributed by atoms with E-state index in [-0.39, 0.29) is 30.8 Å². The number of hydrogen-bond donors (Lipinski definition) is 2. The van der Waals surface area contributed by atoms with Crippen molar-refractivity contribution < 1.29 is 27.4 Å². The number of nitrogens with one attached hydrogen (secondary N) is 2. The van der Waals surface area contributed by atoms with Gasteiger partial charge in [-0.25, -0.2) is 4.98 Å². The first kappa shape index (κ1) is 20.5. The maximum Gasteiger partial charge on any atom is 0.422 e. The fraction of sp³-hybridized carbons (Fsp3) is 0.571. The molecule has 0 saturated carbocycles. The van der Waals surface area contributed by atoms with Crippen LogP contribution in [0, 0.1) is 5.41 Å². The molecule has 1 fully saturated rings. The minimum atomic E-state index is -4.42. The van der Waals surface area contributed by atoms with Gasteiger partial charge in [0.05, 0.1) is 23.9 Å². The van der Waals surface area contributed by atoms with Crippen molar-refractivity contribution in [1.82, 2.24) is 10.3 Å². The highest BCUT2D eigenvalue weighted by molar-refractivity contribution is 5.95. The highest BCUT2D eigenvalue weighted by atomic mass is 35.5. The molecule has 0 spiro atoms. The number of methoxy groups -OCH3 is 1. The van der Waals surface area contributed by atoms with Gasteiger partial charge in [0, 0.05) is 19.7 Å². The summed E-state index contributed by atoms with van der Waals surface area (Å²) in [6.07, 6.45) is -2.52. The number of halogens is 4. The molecule has 1 aliphatic rings. The van der Waals surface area contributed by atoms with Gasteiger partial charge in [0.15, 0.2) is 6.61 Å². The lowest BCUT2D eigenvalue weighted by atomic mass is 9.87. The second-order valence-corrected chi connectivity index (χ2v) is 5.38. The molecular weight excluding hydrogens is 351 g/mol. The van der Waals surface area contributed by atoms with Crippen LogP contribution in [0.1, 0.15) is 6.42 Å². The first-order chi connectivity index (χ1) is 10.8. The van der Waals surface area contributed by atoms with Crippen LogP contribution < -0.4 is 15.4 Å². The number of alkyl halides is 3. The summed E-state index contributed by atoms with van der Waals surface area (Å²) < 4.78 is 45.8. The zero-order valence-corrected chi connectivity index (χ0v) is 13.8. The van der Waals surface area contributed by atoms with Gasteiger partial charge in [-0.2, -0.15) is 13.2 Å². The predicted octanol–water partition coefficient (Wildman–Crippen LogP) is 2.01. The van der Waals surface area contributed by atoms with Crippen LogP contribution in [0.2, 0.25) is 0 Å². The van der Waals surface area contributed by atoms with E-state index in [0.717, 1.165) is 6.54 Å². The Morgan fingerprint density at radius 1 is 1.46 bits per heavy atom. The molecule has 0 radical (unpaired) electrons. The first-order valence-corrected chi connectivity index (χ1v) is 7.01. The molecule has 1 unspecified atom stereocenters. The van der Waals surface area contributed by atoms with Gasteiger partial charge >= 0.3 is 6.18 Å². The average molecular weight is 370 g/mol. The summed E-state index contributed by atoms with van der Waals surface area (Å²) in [7, 11) is 1.53. The fourth-order valence-corrected chi connectivity index (χ4v) is 2.36. The Morgan fingerprint density at radius 3 is 2.71 bits per heavy atom. The maximum absolute atomic E-state index is 12.4. The number of carbonyl (C=O) groups excluding carboxylic acids is 1. The average Bonchev–Trinajstić information content (AvgIpc) is 2.96. The van der Waals surface area contributed by atoms with Gasteiger partial charge in [-0.3, -0.25) is 4.79 Å². The van der Waals surface area contributed by atoms with Crippen LogP contribution in [-0.2, 0) is 9.53 Å². The van der Waals surface area contributed by atoms with Gasteiger partial charge in [-0.1, -0.05) is 0 Å². The lowest BCUT2D eigenvalue weighted by Gasteiger charge is -2.25. The van der Waals surface area contributed by atoms with E-state index in [4.69, 9.17) is 4.74 Å². The summed E-state index contributed by atoms with van der Waals surface area (Å²) >= 11 is 0. The molecule has 1 aromatic rings. The Kier molecular flexibility index (Phi) is 7.25. The third-order valence-corrected chi connectivity index (χ3v) is 3.52. The van der Waals surface area contributed by atoms with Crippen molar-refractivity contribution in [3.05, 3.63) is 18.3 Å². The van der Waals surface area contributed by atoms with E-state index >= 15 is 0 Å². The molecule has 1 saturated heterocycles. The number of ether oxygens (including phenoxy) is 2. The van der Waals surface area contributed by atoms with E-state index in [1.807, 2.05) is 0 Å². The lowest BCUT2D eigenvalue weighted by Crippen LogP contribution is -2.41. The minimum Gasteiger partial charge on any atom is -0.468 e. The molecule has 0 aromatic carbocycles. The van der Waals surface area contributed by atoms with Crippen molar-refractivity contribution in [3.8, 4) is 5.88 Å². The van der Waals surface area contributed by atoms with Crippen molar-refractivity contribution in [2.24, 2.45) is 5.41 Å². The third kappa shape index (κ3) is 5.50.